The van der Waals surface area contributed by atoms with Crippen molar-refractivity contribution in [2.24, 2.45) is 41.4 Å². The van der Waals surface area contributed by atoms with Gasteiger partial charge in [-0.1, -0.05) is 26.3 Å². The first-order valence-electron chi connectivity index (χ1n) is 28.7. The van der Waals surface area contributed by atoms with Crippen molar-refractivity contribution in [3.05, 3.63) is 98.4 Å². The van der Waals surface area contributed by atoms with Crippen LogP contribution in [0.15, 0.2) is 92.8 Å². The highest BCUT2D eigenvalue weighted by Crippen LogP contribution is 2.40. The lowest BCUT2D eigenvalue weighted by Gasteiger charge is -2.36. The van der Waals surface area contributed by atoms with E-state index in [0.29, 0.717) is 70.6 Å². The van der Waals surface area contributed by atoms with Gasteiger partial charge >= 0.3 is 65.7 Å². The molecule has 4 aliphatic carbocycles. The molecule has 1 aromatic rings. The van der Waals surface area contributed by atoms with Gasteiger partial charge < -0.3 is 61.9 Å². The summed E-state index contributed by atoms with van der Waals surface area (Å²) in [7, 11) is 0. The van der Waals surface area contributed by atoms with Crippen LogP contribution in [0, 0.1) is 41.4 Å². The Morgan fingerprint density at radius 1 is 0.512 bits per heavy atom. The zero-order valence-corrected chi connectivity index (χ0v) is 48.3. The number of esters is 11. The summed E-state index contributed by atoms with van der Waals surface area (Å²) < 4.78 is 64.6. The van der Waals surface area contributed by atoms with Crippen molar-refractivity contribution in [2.45, 2.75) is 115 Å². The van der Waals surface area contributed by atoms with E-state index >= 15 is 0 Å². The first-order valence-corrected chi connectivity index (χ1v) is 28.7. The van der Waals surface area contributed by atoms with Crippen LogP contribution >= 0.6 is 0 Å². The molecule has 0 aliphatic heterocycles. The van der Waals surface area contributed by atoms with Gasteiger partial charge in [0.1, 0.15) is 60.8 Å². The molecule has 24 nitrogen and oxygen atoms in total. The molecule has 5 unspecified atom stereocenters. The Kier molecular flexibility index (Phi) is 27.9. The summed E-state index contributed by atoms with van der Waals surface area (Å²) in [4.78, 5) is 139. The molecule has 0 bridgehead atoms. The number of allylic oxidation sites excluding steroid dienone is 1. The van der Waals surface area contributed by atoms with Crippen molar-refractivity contribution in [3.63, 3.8) is 0 Å². The van der Waals surface area contributed by atoms with Gasteiger partial charge in [-0.3, -0.25) is 28.8 Å². The molecule has 86 heavy (non-hydrogen) atoms. The number of hydrogen-bond acceptors (Lipinski definition) is 24. The van der Waals surface area contributed by atoms with Crippen LogP contribution < -0.4 is 9.47 Å². The summed E-state index contributed by atoms with van der Waals surface area (Å²) in [6.45, 7) is 14.0. The van der Waals surface area contributed by atoms with Gasteiger partial charge in [-0.15, -0.1) is 0 Å². The van der Waals surface area contributed by atoms with Crippen LogP contribution in [-0.2, 0) is 95.3 Å². The molecule has 468 valence electrons. The van der Waals surface area contributed by atoms with E-state index in [4.69, 9.17) is 56.8 Å². The second-order valence-corrected chi connectivity index (χ2v) is 20.9. The molecule has 0 heterocycles. The average molecular weight is 1210 g/mol. The normalized spacial score (nSPS) is 22.5. The third-order valence-electron chi connectivity index (χ3n) is 14.8. The number of ether oxygens (including phenoxy) is 12. The quantitative estimate of drug-likeness (QED) is 0.0196. The molecule has 0 radical (unpaired) electrons. The predicted molar refractivity (Wildman–Crippen MR) is 298 cm³/mol. The van der Waals surface area contributed by atoms with Gasteiger partial charge in [0.15, 0.2) is 6.29 Å². The molecule has 3 fully saturated rings. The summed E-state index contributed by atoms with van der Waals surface area (Å²) in [6, 6.07) is 3.73. The number of unbranched alkanes of at least 4 members (excludes halogenated alkanes) is 2. The van der Waals surface area contributed by atoms with Crippen molar-refractivity contribution >= 4 is 65.7 Å². The van der Waals surface area contributed by atoms with Crippen molar-refractivity contribution in [2.75, 3.05) is 52.9 Å². The van der Waals surface area contributed by atoms with Crippen molar-refractivity contribution in [1.82, 2.24) is 0 Å². The number of aliphatic hydroxyl groups is 1. The van der Waals surface area contributed by atoms with E-state index in [9.17, 15) is 57.8 Å². The zero-order valence-electron chi connectivity index (χ0n) is 48.3. The molecule has 0 saturated heterocycles. The molecule has 5 atom stereocenters. The minimum absolute atomic E-state index is 0.00989. The largest absolute Gasteiger partial charge is 0.465 e. The Morgan fingerprint density at radius 2 is 0.930 bits per heavy atom. The Balaban J connectivity index is 1.17. The molecule has 3 saturated carbocycles. The molecule has 24 heteroatoms. The molecule has 0 aromatic heterocycles. The van der Waals surface area contributed by atoms with Crippen molar-refractivity contribution < 1.29 is 115 Å². The van der Waals surface area contributed by atoms with Gasteiger partial charge in [0.2, 0.25) is 0 Å². The van der Waals surface area contributed by atoms with Crippen LogP contribution in [0.5, 0.6) is 11.5 Å². The second kappa shape index (κ2) is 35.1. The van der Waals surface area contributed by atoms with Gasteiger partial charge in [0, 0.05) is 30.2 Å². The van der Waals surface area contributed by atoms with Crippen LogP contribution in [-0.4, -0.2) is 136 Å². The number of benzene rings is 1. The standard InChI is InChI=1S/C62H76O24/c1-6-50(63)75-28-10-12-30-79-54(67)39-14-18-41(19-15-39)56(69)85-49-25-24-45(37-47(49)60(73)81-34-32-77-52(65)8-3)83-57(70)43-22-23-44(36-43)58(71)84-46-26-27-62(5,48(38-46)61(74)82-35-33-78-53(66)9-4)86-59(72)42-20-16-40(17-21-42)55(68)80-31-13-11-29-76-51(64)7-2/h6-9,24-27,37-44,48,58,71H,1-4,10-23,28-36H2,5H3. The molecule has 1 aromatic carbocycles. The molecule has 0 spiro atoms. The first kappa shape index (κ1) is 68.4. The summed E-state index contributed by atoms with van der Waals surface area (Å²) in [6.07, 6.45) is 11.8. The fourth-order valence-electron chi connectivity index (χ4n) is 9.88. The van der Waals surface area contributed by atoms with Crippen LogP contribution in [0.4, 0.5) is 0 Å². The maximum absolute atomic E-state index is 13.7. The second-order valence-electron chi connectivity index (χ2n) is 20.9. The predicted octanol–water partition coefficient (Wildman–Crippen LogP) is 6.50. The molecule has 0 amide bonds. The molecular formula is C62H76O24. The fraction of sp³-hybridized carbons (Fsp3) is 0.532. The highest BCUT2D eigenvalue weighted by Gasteiger charge is 2.46. The molecular weight excluding hydrogens is 1130 g/mol. The van der Waals surface area contributed by atoms with E-state index < -0.39 is 126 Å². The third-order valence-corrected chi connectivity index (χ3v) is 14.8. The average Bonchev–Trinajstić information content (AvgIpc) is 2.14. The van der Waals surface area contributed by atoms with Gasteiger partial charge in [-0.25, -0.2) is 24.0 Å². The van der Waals surface area contributed by atoms with E-state index in [1.807, 2.05) is 0 Å². The van der Waals surface area contributed by atoms with E-state index in [1.165, 1.54) is 37.3 Å². The third kappa shape index (κ3) is 21.9. The number of carbonyl (C=O) groups is 11. The smallest absolute Gasteiger partial charge is 0.342 e. The number of carbonyl (C=O) groups excluding carboxylic acids is 11. The lowest BCUT2D eigenvalue weighted by molar-refractivity contribution is -0.173. The highest BCUT2D eigenvalue weighted by atomic mass is 16.6. The van der Waals surface area contributed by atoms with Gasteiger partial charge in [0.25, 0.3) is 0 Å². The Hall–Kier alpha value is -8.41. The fourth-order valence-corrected chi connectivity index (χ4v) is 9.88. The summed E-state index contributed by atoms with van der Waals surface area (Å²) in [5.74, 6) is -12.4. The van der Waals surface area contributed by atoms with Gasteiger partial charge in [-0.05, 0) is 140 Å². The lowest BCUT2D eigenvalue weighted by Crippen LogP contribution is -2.45. The van der Waals surface area contributed by atoms with Crippen LogP contribution in [0.1, 0.15) is 114 Å². The first-order chi connectivity index (χ1) is 41.3. The minimum Gasteiger partial charge on any atom is -0.465 e. The number of hydrogen-bond donors (Lipinski definition) is 1. The maximum atomic E-state index is 13.7. The summed E-state index contributed by atoms with van der Waals surface area (Å²) in [5, 5.41) is 11.4. The molecule has 1 N–H and O–H groups in total. The number of aliphatic hydroxyl groups excluding tert-OH is 1. The van der Waals surface area contributed by atoms with E-state index in [1.54, 1.807) is 0 Å². The molecule has 4 aliphatic rings. The lowest BCUT2D eigenvalue weighted by atomic mass is 9.81. The SMILES string of the molecule is C=CC(=O)OCCCCOC(=O)C1CCC(C(=O)Oc2ccc(OC(=O)C3CCC(C(O)OC4=CC(C(=O)OCCOC(=O)C=C)C(C)(OC(=O)C5CCC(C(=O)OCCCCOC(=O)C=C)CC5)C=C4)C3)cc2C(=O)OCCOC(=O)C=C)CC1. The van der Waals surface area contributed by atoms with Gasteiger partial charge in [-0.2, -0.15) is 0 Å². The van der Waals surface area contributed by atoms with E-state index in [2.05, 4.69) is 26.3 Å². The topological polar surface area (TPSA) is 319 Å². The van der Waals surface area contributed by atoms with Crippen LogP contribution in [0.2, 0.25) is 0 Å². The Bertz CT molecular complexity index is 2690. The van der Waals surface area contributed by atoms with E-state index in [0.717, 1.165) is 30.4 Å². The minimum atomic E-state index is -1.63. The Morgan fingerprint density at radius 3 is 1.44 bits per heavy atom. The highest BCUT2D eigenvalue weighted by molar-refractivity contribution is 5.94. The van der Waals surface area contributed by atoms with Crippen molar-refractivity contribution in [1.29, 1.82) is 0 Å². The number of rotatable bonds is 33. The summed E-state index contributed by atoms with van der Waals surface area (Å²) >= 11 is 0. The Labute approximate surface area is 498 Å². The zero-order chi connectivity index (χ0) is 62.6. The maximum Gasteiger partial charge on any atom is 0.342 e. The molecule has 5 rings (SSSR count). The monoisotopic (exact) mass is 1200 g/mol. The van der Waals surface area contributed by atoms with Crippen LogP contribution in [0.3, 0.4) is 0 Å². The summed E-state index contributed by atoms with van der Waals surface area (Å²) in [5.41, 5.74) is -1.93. The van der Waals surface area contributed by atoms with Crippen molar-refractivity contribution in [3.8, 4) is 11.5 Å². The van der Waals surface area contributed by atoms with Gasteiger partial charge in [0.05, 0.1) is 56.0 Å². The van der Waals surface area contributed by atoms with E-state index in [-0.39, 0.29) is 94.8 Å². The van der Waals surface area contributed by atoms with Crippen LogP contribution in [0.25, 0.3) is 0 Å².